The van der Waals surface area contributed by atoms with Crippen molar-refractivity contribution in [1.82, 2.24) is 9.97 Å². The van der Waals surface area contributed by atoms with Gasteiger partial charge >= 0.3 is 6.18 Å². The van der Waals surface area contributed by atoms with Crippen molar-refractivity contribution < 1.29 is 27.4 Å². The van der Waals surface area contributed by atoms with Gasteiger partial charge in [-0.2, -0.15) is 13.2 Å². The van der Waals surface area contributed by atoms with Gasteiger partial charge in [0.2, 0.25) is 0 Å². The highest BCUT2D eigenvalue weighted by atomic mass is 19.4. The van der Waals surface area contributed by atoms with Crippen molar-refractivity contribution in [3.05, 3.63) is 47.4 Å². The van der Waals surface area contributed by atoms with E-state index in [4.69, 9.17) is 14.2 Å². The van der Waals surface area contributed by atoms with E-state index in [9.17, 15) is 13.2 Å². The first-order valence-corrected chi connectivity index (χ1v) is 9.94. The molecule has 2 atom stereocenters. The SMILES string of the molecule is COC[C@H](C)Oc1ccc2c(c1)C(c1cc(N3CCOC(C(F)(F)F)C3)ncn1)=NC2. The van der Waals surface area contributed by atoms with Crippen LogP contribution in [-0.2, 0) is 16.0 Å². The van der Waals surface area contributed by atoms with Gasteiger partial charge in [-0.3, -0.25) is 4.99 Å². The van der Waals surface area contributed by atoms with Crippen LogP contribution in [0.3, 0.4) is 0 Å². The van der Waals surface area contributed by atoms with Gasteiger partial charge in [0.25, 0.3) is 0 Å². The number of halogens is 3. The minimum absolute atomic E-state index is 0.0202. The molecule has 0 saturated carbocycles. The van der Waals surface area contributed by atoms with Crippen LogP contribution in [0.2, 0.25) is 0 Å². The predicted molar refractivity (Wildman–Crippen MR) is 108 cm³/mol. The van der Waals surface area contributed by atoms with Crippen LogP contribution in [-0.4, -0.2) is 67.5 Å². The molecule has 31 heavy (non-hydrogen) atoms. The highest BCUT2D eigenvalue weighted by Gasteiger charge is 2.43. The van der Waals surface area contributed by atoms with Crippen molar-refractivity contribution >= 4 is 11.5 Å². The Kier molecular flexibility index (Phi) is 6.10. The fraction of sp³-hybridized carbons (Fsp3) is 0.476. The Morgan fingerprint density at radius 3 is 2.87 bits per heavy atom. The van der Waals surface area contributed by atoms with Crippen LogP contribution in [0.5, 0.6) is 5.75 Å². The minimum Gasteiger partial charge on any atom is -0.488 e. The van der Waals surface area contributed by atoms with E-state index in [2.05, 4.69) is 15.0 Å². The molecule has 1 fully saturated rings. The van der Waals surface area contributed by atoms with Crippen LogP contribution < -0.4 is 9.64 Å². The third kappa shape index (κ3) is 4.80. The molecule has 166 valence electrons. The summed E-state index contributed by atoms with van der Waals surface area (Å²) >= 11 is 0. The van der Waals surface area contributed by atoms with E-state index < -0.39 is 12.3 Å². The minimum atomic E-state index is -4.42. The number of anilines is 1. The smallest absolute Gasteiger partial charge is 0.416 e. The molecule has 1 saturated heterocycles. The topological polar surface area (TPSA) is 69.1 Å². The number of hydrogen-bond acceptors (Lipinski definition) is 7. The molecule has 0 N–H and O–H groups in total. The van der Waals surface area contributed by atoms with Crippen LogP contribution in [0.1, 0.15) is 23.7 Å². The molecule has 4 rings (SSSR count). The molecule has 0 amide bonds. The van der Waals surface area contributed by atoms with Crippen LogP contribution in [0, 0.1) is 0 Å². The third-order valence-corrected chi connectivity index (χ3v) is 5.13. The Hall–Kier alpha value is -2.72. The Morgan fingerprint density at radius 1 is 1.26 bits per heavy atom. The number of methoxy groups -OCH3 is 1. The molecule has 1 unspecified atom stereocenters. The van der Waals surface area contributed by atoms with Gasteiger partial charge in [-0.15, -0.1) is 0 Å². The summed E-state index contributed by atoms with van der Waals surface area (Å²) in [5, 5.41) is 0. The first-order chi connectivity index (χ1) is 14.8. The molecule has 10 heteroatoms. The van der Waals surface area contributed by atoms with Gasteiger partial charge < -0.3 is 19.1 Å². The number of nitrogens with zero attached hydrogens (tertiary/aromatic N) is 4. The molecule has 0 radical (unpaired) electrons. The molecule has 0 aliphatic carbocycles. The lowest BCUT2D eigenvalue weighted by atomic mass is 10.0. The van der Waals surface area contributed by atoms with Crippen molar-refractivity contribution in [3.8, 4) is 5.75 Å². The van der Waals surface area contributed by atoms with Gasteiger partial charge in [-0.1, -0.05) is 6.07 Å². The number of morpholine rings is 1. The van der Waals surface area contributed by atoms with Crippen molar-refractivity contribution in [2.24, 2.45) is 4.99 Å². The maximum atomic E-state index is 13.1. The van der Waals surface area contributed by atoms with E-state index in [1.807, 2.05) is 25.1 Å². The Labute approximate surface area is 177 Å². The number of aliphatic imine (C=N–C) groups is 1. The summed E-state index contributed by atoms with van der Waals surface area (Å²) in [6, 6.07) is 7.43. The second-order valence-electron chi connectivity index (χ2n) is 7.48. The zero-order valence-electron chi connectivity index (χ0n) is 17.2. The number of rotatable bonds is 6. The first-order valence-electron chi connectivity index (χ1n) is 9.94. The summed E-state index contributed by atoms with van der Waals surface area (Å²) in [4.78, 5) is 14.7. The molecule has 1 aromatic carbocycles. The highest BCUT2D eigenvalue weighted by molar-refractivity contribution is 6.14. The summed E-state index contributed by atoms with van der Waals surface area (Å²) < 4.78 is 55.1. The number of hydrogen-bond donors (Lipinski definition) is 0. The summed E-state index contributed by atoms with van der Waals surface area (Å²) in [6.45, 7) is 2.88. The van der Waals surface area contributed by atoms with Crippen LogP contribution in [0.15, 0.2) is 35.6 Å². The van der Waals surface area contributed by atoms with E-state index in [1.54, 1.807) is 18.1 Å². The number of aromatic nitrogens is 2. The maximum absolute atomic E-state index is 13.1. The van der Waals surface area contributed by atoms with E-state index in [-0.39, 0.29) is 19.3 Å². The summed E-state index contributed by atoms with van der Waals surface area (Å²) in [7, 11) is 1.62. The fourth-order valence-corrected chi connectivity index (χ4v) is 3.66. The van der Waals surface area contributed by atoms with Crippen molar-refractivity contribution in [2.45, 2.75) is 31.9 Å². The van der Waals surface area contributed by atoms with Crippen LogP contribution in [0.25, 0.3) is 0 Å². The van der Waals surface area contributed by atoms with Gasteiger partial charge in [0.05, 0.1) is 37.7 Å². The Bertz CT molecular complexity index is 967. The lowest BCUT2D eigenvalue weighted by Gasteiger charge is -2.34. The number of fused-ring (bicyclic) bond motifs is 1. The summed E-state index contributed by atoms with van der Waals surface area (Å²) in [5.74, 6) is 1.10. The molecule has 2 aromatic rings. The third-order valence-electron chi connectivity index (χ3n) is 5.13. The first kappa shape index (κ1) is 21.5. The van der Waals surface area contributed by atoms with E-state index >= 15 is 0 Å². The monoisotopic (exact) mass is 436 g/mol. The Morgan fingerprint density at radius 2 is 2.10 bits per heavy atom. The van der Waals surface area contributed by atoms with E-state index in [0.717, 1.165) is 11.1 Å². The van der Waals surface area contributed by atoms with Gasteiger partial charge in [0.1, 0.15) is 24.0 Å². The van der Waals surface area contributed by atoms with Gasteiger partial charge in [0.15, 0.2) is 6.10 Å². The molecular formula is C21H23F3N4O3. The van der Waals surface area contributed by atoms with Gasteiger partial charge in [0, 0.05) is 25.3 Å². The summed E-state index contributed by atoms with van der Waals surface area (Å²) in [6.07, 6.45) is -5.01. The summed E-state index contributed by atoms with van der Waals surface area (Å²) in [5.41, 5.74) is 3.15. The maximum Gasteiger partial charge on any atom is 0.416 e. The molecule has 7 nitrogen and oxygen atoms in total. The fourth-order valence-electron chi connectivity index (χ4n) is 3.66. The number of ether oxygens (including phenoxy) is 3. The van der Waals surface area contributed by atoms with Gasteiger partial charge in [-0.05, 0) is 24.6 Å². The highest BCUT2D eigenvalue weighted by Crippen LogP contribution is 2.30. The second kappa shape index (κ2) is 8.80. The molecule has 2 aliphatic heterocycles. The molecule has 3 heterocycles. The van der Waals surface area contributed by atoms with Crippen molar-refractivity contribution in [1.29, 1.82) is 0 Å². The zero-order chi connectivity index (χ0) is 22.0. The zero-order valence-corrected chi connectivity index (χ0v) is 17.2. The average Bonchev–Trinajstić information content (AvgIpc) is 3.17. The van der Waals surface area contributed by atoms with Crippen molar-refractivity contribution in [2.75, 3.05) is 38.3 Å². The van der Waals surface area contributed by atoms with Crippen molar-refractivity contribution in [3.63, 3.8) is 0 Å². The predicted octanol–water partition coefficient (Wildman–Crippen LogP) is 3.01. The quantitative estimate of drug-likeness (QED) is 0.694. The largest absolute Gasteiger partial charge is 0.488 e. The van der Waals surface area contributed by atoms with Crippen LogP contribution in [0.4, 0.5) is 19.0 Å². The lowest BCUT2D eigenvalue weighted by molar-refractivity contribution is -0.221. The standard InChI is InChI=1S/C21H23F3N4O3/c1-13(11-29-2)31-15-4-3-14-9-25-20(16(14)7-15)17-8-19(27-12-26-17)28-5-6-30-18(10-28)21(22,23)24/h3-4,7-8,12-13,18H,5-6,9-11H2,1-2H3/t13-,18?/m0/s1. The normalized spacial score (nSPS) is 19.7. The molecular weight excluding hydrogens is 413 g/mol. The number of benzene rings is 1. The van der Waals surface area contributed by atoms with E-state index in [1.165, 1.54) is 6.33 Å². The molecule has 2 aliphatic rings. The molecule has 1 aromatic heterocycles. The second-order valence-corrected chi connectivity index (χ2v) is 7.48. The average molecular weight is 436 g/mol. The molecule has 0 bridgehead atoms. The Balaban J connectivity index is 1.56. The van der Waals surface area contributed by atoms with Gasteiger partial charge in [-0.25, -0.2) is 9.97 Å². The molecule has 0 spiro atoms. The lowest BCUT2D eigenvalue weighted by Crippen LogP contribution is -2.49. The van der Waals surface area contributed by atoms with Crippen LogP contribution >= 0.6 is 0 Å². The number of alkyl halides is 3. The van der Waals surface area contributed by atoms with E-state index in [0.29, 0.717) is 42.7 Å².